The molecule has 1 amide bonds. The predicted octanol–water partition coefficient (Wildman–Crippen LogP) is 2.79. The first-order valence-electron chi connectivity index (χ1n) is 8.41. The van der Waals surface area contributed by atoms with Crippen molar-refractivity contribution in [1.82, 2.24) is 4.90 Å². The Hall–Kier alpha value is -1.55. The summed E-state index contributed by atoms with van der Waals surface area (Å²) in [7, 11) is 1.73. The number of piperidine rings is 1. The van der Waals surface area contributed by atoms with E-state index in [1.807, 2.05) is 17.0 Å². The highest BCUT2D eigenvalue weighted by Gasteiger charge is 2.26. The van der Waals surface area contributed by atoms with Crippen molar-refractivity contribution < 1.29 is 9.53 Å². The summed E-state index contributed by atoms with van der Waals surface area (Å²) < 4.78 is 5.20. The first-order valence-corrected chi connectivity index (χ1v) is 8.41. The average Bonchev–Trinajstić information content (AvgIpc) is 3.04. The number of carbonyl (C=O) groups excluding carboxylic acids is 1. The first kappa shape index (κ1) is 15.3. The van der Waals surface area contributed by atoms with Crippen molar-refractivity contribution in [3.8, 4) is 0 Å². The summed E-state index contributed by atoms with van der Waals surface area (Å²) in [4.78, 5) is 16.9. The number of nitrogens with zero attached hydrogens (tertiary/aromatic N) is 2. The average molecular weight is 302 g/mol. The van der Waals surface area contributed by atoms with Crippen LogP contribution in [0.25, 0.3) is 0 Å². The second-order valence-electron chi connectivity index (χ2n) is 6.46. The normalized spacial score (nSPS) is 22.1. The molecule has 22 heavy (non-hydrogen) atoms. The molecule has 3 rings (SSSR count). The van der Waals surface area contributed by atoms with E-state index in [-0.39, 0.29) is 5.91 Å². The lowest BCUT2D eigenvalue weighted by Crippen LogP contribution is -2.30. The molecule has 0 bridgehead atoms. The Morgan fingerprint density at radius 1 is 1.14 bits per heavy atom. The molecule has 2 aliphatic heterocycles. The van der Waals surface area contributed by atoms with Crippen molar-refractivity contribution in [2.24, 2.45) is 5.92 Å². The fraction of sp³-hybridized carbons (Fsp3) is 0.611. The van der Waals surface area contributed by atoms with E-state index in [2.05, 4.69) is 17.0 Å². The number of ether oxygens (including phenoxy) is 1. The van der Waals surface area contributed by atoms with Crippen LogP contribution in [0.2, 0.25) is 0 Å². The molecule has 0 unspecified atom stereocenters. The van der Waals surface area contributed by atoms with Crippen molar-refractivity contribution >= 4 is 11.6 Å². The summed E-state index contributed by atoms with van der Waals surface area (Å²) in [5.41, 5.74) is 2.05. The highest BCUT2D eigenvalue weighted by atomic mass is 16.5. The van der Waals surface area contributed by atoms with Gasteiger partial charge in [-0.05, 0) is 49.9 Å². The highest BCUT2D eigenvalue weighted by Crippen LogP contribution is 2.22. The minimum Gasteiger partial charge on any atom is -0.384 e. The van der Waals surface area contributed by atoms with Gasteiger partial charge in [0.25, 0.3) is 5.91 Å². The number of likely N-dealkylation sites (tertiary alicyclic amines) is 1. The standard InChI is InChI=1S/C18H26N2O2/c1-22-14-15-9-12-20(13-15)18(21)16-5-7-17(8-6-16)19-10-3-2-4-11-19/h5-8,15H,2-4,9-14H2,1H3/t15-/m0/s1. The van der Waals surface area contributed by atoms with Gasteiger partial charge in [0, 0.05) is 50.5 Å². The van der Waals surface area contributed by atoms with Gasteiger partial charge in [0.2, 0.25) is 0 Å². The Bertz CT molecular complexity index is 494. The molecule has 4 heteroatoms. The van der Waals surface area contributed by atoms with Crippen LogP contribution in [0, 0.1) is 5.92 Å². The molecule has 1 atom stereocenters. The first-order chi connectivity index (χ1) is 10.8. The molecule has 2 heterocycles. The molecule has 120 valence electrons. The Labute approximate surface area is 133 Å². The predicted molar refractivity (Wildman–Crippen MR) is 88.4 cm³/mol. The Morgan fingerprint density at radius 3 is 2.55 bits per heavy atom. The van der Waals surface area contributed by atoms with Crippen molar-refractivity contribution in [2.45, 2.75) is 25.7 Å². The molecule has 1 aromatic carbocycles. The molecule has 0 aromatic heterocycles. The molecular formula is C18H26N2O2. The van der Waals surface area contributed by atoms with Gasteiger partial charge in [-0.25, -0.2) is 0 Å². The monoisotopic (exact) mass is 302 g/mol. The zero-order chi connectivity index (χ0) is 15.4. The van der Waals surface area contributed by atoms with Crippen molar-refractivity contribution in [3.05, 3.63) is 29.8 Å². The Kier molecular flexibility index (Phi) is 4.98. The zero-order valence-corrected chi connectivity index (χ0v) is 13.5. The number of benzene rings is 1. The number of rotatable bonds is 4. The number of carbonyl (C=O) groups is 1. The number of anilines is 1. The Morgan fingerprint density at radius 2 is 1.86 bits per heavy atom. The molecule has 0 N–H and O–H groups in total. The maximum atomic E-state index is 12.6. The van der Waals surface area contributed by atoms with Gasteiger partial charge in [0.05, 0.1) is 6.61 Å². The number of amides is 1. The van der Waals surface area contributed by atoms with Crippen LogP contribution in [0.15, 0.2) is 24.3 Å². The second kappa shape index (κ2) is 7.14. The van der Waals surface area contributed by atoms with E-state index in [4.69, 9.17) is 4.74 Å². The van der Waals surface area contributed by atoms with E-state index in [1.165, 1.54) is 24.9 Å². The van der Waals surface area contributed by atoms with Gasteiger partial charge in [-0.3, -0.25) is 4.79 Å². The SMILES string of the molecule is COC[C@H]1CCN(C(=O)c2ccc(N3CCCCC3)cc2)C1. The minimum absolute atomic E-state index is 0.156. The van der Waals surface area contributed by atoms with Crippen LogP contribution in [0.5, 0.6) is 0 Å². The topological polar surface area (TPSA) is 32.8 Å². The van der Waals surface area contributed by atoms with Crippen LogP contribution in [0.3, 0.4) is 0 Å². The quantitative estimate of drug-likeness (QED) is 0.857. The van der Waals surface area contributed by atoms with Crippen LogP contribution < -0.4 is 4.90 Å². The smallest absolute Gasteiger partial charge is 0.253 e. The van der Waals surface area contributed by atoms with Crippen LogP contribution in [-0.4, -0.2) is 50.7 Å². The number of hydrogen-bond donors (Lipinski definition) is 0. The summed E-state index contributed by atoms with van der Waals surface area (Å²) in [6, 6.07) is 8.16. The zero-order valence-electron chi connectivity index (χ0n) is 13.5. The van der Waals surface area contributed by atoms with E-state index in [9.17, 15) is 4.79 Å². The molecule has 0 aliphatic carbocycles. The van der Waals surface area contributed by atoms with Gasteiger partial charge in [-0.2, -0.15) is 0 Å². The van der Waals surface area contributed by atoms with Crippen LogP contribution >= 0.6 is 0 Å². The third-order valence-electron chi connectivity index (χ3n) is 4.81. The second-order valence-corrected chi connectivity index (χ2v) is 6.46. The van der Waals surface area contributed by atoms with E-state index in [1.54, 1.807) is 7.11 Å². The van der Waals surface area contributed by atoms with Gasteiger partial charge in [-0.15, -0.1) is 0 Å². The number of hydrogen-bond acceptors (Lipinski definition) is 3. The molecule has 4 nitrogen and oxygen atoms in total. The summed E-state index contributed by atoms with van der Waals surface area (Å²) in [5.74, 6) is 0.644. The van der Waals surface area contributed by atoms with Gasteiger partial charge >= 0.3 is 0 Å². The summed E-state index contributed by atoms with van der Waals surface area (Å²) in [6.07, 6.45) is 4.93. The lowest BCUT2D eigenvalue weighted by atomic mass is 10.1. The van der Waals surface area contributed by atoms with Gasteiger partial charge in [0.1, 0.15) is 0 Å². The number of methoxy groups -OCH3 is 1. The molecule has 0 spiro atoms. The van der Waals surface area contributed by atoms with E-state index in [0.717, 1.165) is 44.8 Å². The molecular weight excluding hydrogens is 276 g/mol. The lowest BCUT2D eigenvalue weighted by molar-refractivity contribution is 0.0775. The van der Waals surface area contributed by atoms with Crippen molar-refractivity contribution in [2.75, 3.05) is 44.8 Å². The lowest BCUT2D eigenvalue weighted by Gasteiger charge is -2.29. The van der Waals surface area contributed by atoms with Gasteiger partial charge in [0.15, 0.2) is 0 Å². The van der Waals surface area contributed by atoms with Gasteiger partial charge < -0.3 is 14.5 Å². The summed E-state index contributed by atoms with van der Waals surface area (Å²) >= 11 is 0. The molecule has 2 fully saturated rings. The van der Waals surface area contributed by atoms with Crippen LogP contribution in [-0.2, 0) is 4.74 Å². The van der Waals surface area contributed by atoms with Crippen molar-refractivity contribution in [1.29, 1.82) is 0 Å². The molecule has 0 radical (unpaired) electrons. The Balaban J connectivity index is 1.61. The summed E-state index contributed by atoms with van der Waals surface area (Å²) in [5, 5.41) is 0. The van der Waals surface area contributed by atoms with Crippen molar-refractivity contribution in [3.63, 3.8) is 0 Å². The molecule has 2 aliphatic rings. The maximum Gasteiger partial charge on any atom is 0.253 e. The maximum absolute atomic E-state index is 12.6. The molecule has 1 aromatic rings. The van der Waals surface area contributed by atoms with Crippen LogP contribution in [0.1, 0.15) is 36.0 Å². The fourth-order valence-electron chi connectivity index (χ4n) is 3.54. The largest absolute Gasteiger partial charge is 0.384 e. The fourth-order valence-corrected chi connectivity index (χ4v) is 3.54. The molecule has 2 saturated heterocycles. The highest BCUT2D eigenvalue weighted by molar-refractivity contribution is 5.94. The summed E-state index contributed by atoms with van der Waals surface area (Å²) in [6.45, 7) is 4.69. The third-order valence-corrected chi connectivity index (χ3v) is 4.81. The van der Waals surface area contributed by atoms with E-state index >= 15 is 0 Å². The minimum atomic E-state index is 0.156. The van der Waals surface area contributed by atoms with Crippen LogP contribution in [0.4, 0.5) is 5.69 Å². The third kappa shape index (κ3) is 3.43. The molecule has 0 saturated carbocycles. The van der Waals surface area contributed by atoms with E-state index in [0.29, 0.717) is 5.92 Å². The van der Waals surface area contributed by atoms with E-state index < -0.39 is 0 Å². The van der Waals surface area contributed by atoms with Gasteiger partial charge in [-0.1, -0.05) is 0 Å².